The lowest BCUT2D eigenvalue weighted by Crippen LogP contribution is -2.39. The van der Waals surface area contributed by atoms with Crippen LogP contribution in [0.2, 0.25) is 0 Å². The van der Waals surface area contributed by atoms with Crippen molar-refractivity contribution in [2.75, 3.05) is 31.6 Å². The molecular weight excluding hydrogens is 331 g/mol. The third kappa shape index (κ3) is 3.84. The number of nitrogens with zero attached hydrogens (tertiary/aromatic N) is 4. The number of likely N-dealkylation sites (tertiary alicyclic amines) is 1. The summed E-state index contributed by atoms with van der Waals surface area (Å²) < 4.78 is 13.2. The van der Waals surface area contributed by atoms with Crippen molar-refractivity contribution >= 4 is 11.7 Å². The van der Waals surface area contributed by atoms with E-state index in [1.54, 1.807) is 18.3 Å². The fourth-order valence-electron chi connectivity index (χ4n) is 3.08. The number of hydrogen-bond acceptors (Lipinski definition) is 4. The maximum Gasteiger partial charge on any atom is 0.259 e. The van der Waals surface area contributed by atoms with Gasteiger partial charge in [-0.3, -0.25) is 4.79 Å². The smallest absolute Gasteiger partial charge is 0.259 e. The largest absolute Gasteiger partial charge is 0.359 e. The summed E-state index contributed by atoms with van der Waals surface area (Å²) in [6.07, 6.45) is 3.66. The molecule has 0 unspecified atom stereocenters. The molecule has 0 N–H and O–H groups in total. The minimum Gasteiger partial charge on any atom is -0.359 e. The fourth-order valence-corrected chi connectivity index (χ4v) is 3.08. The van der Waals surface area contributed by atoms with Crippen LogP contribution in [-0.2, 0) is 0 Å². The average Bonchev–Trinajstić information content (AvgIpc) is 2.67. The predicted octanol–water partition coefficient (Wildman–Crippen LogP) is 3.61. The number of aromatic nitrogens is 2. The summed E-state index contributed by atoms with van der Waals surface area (Å²) in [5, 5.41) is 0. The number of anilines is 1. The topological polar surface area (TPSA) is 49.3 Å². The van der Waals surface area contributed by atoms with Crippen molar-refractivity contribution in [1.29, 1.82) is 0 Å². The van der Waals surface area contributed by atoms with Crippen LogP contribution >= 0.6 is 0 Å². The van der Waals surface area contributed by atoms with Gasteiger partial charge in [-0.1, -0.05) is 6.92 Å². The summed E-state index contributed by atoms with van der Waals surface area (Å²) in [6, 6.07) is 6.06. The first-order chi connectivity index (χ1) is 12.5. The zero-order chi connectivity index (χ0) is 18.7. The molecule has 2 aromatic rings. The molecule has 3 rings (SSSR count). The molecule has 1 aliphatic rings. The van der Waals surface area contributed by atoms with Crippen LogP contribution < -0.4 is 4.90 Å². The van der Waals surface area contributed by atoms with E-state index in [4.69, 9.17) is 0 Å². The van der Waals surface area contributed by atoms with E-state index in [1.165, 1.54) is 12.1 Å². The maximum absolute atomic E-state index is 13.2. The second-order valence-electron chi connectivity index (χ2n) is 6.93. The first-order valence-electron chi connectivity index (χ1n) is 9.13. The van der Waals surface area contributed by atoms with Crippen LogP contribution in [0.15, 0.2) is 30.5 Å². The van der Waals surface area contributed by atoms with E-state index in [1.807, 2.05) is 23.8 Å². The van der Waals surface area contributed by atoms with Gasteiger partial charge in [0, 0.05) is 38.4 Å². The number of hydrogen-bond donors (Lipinski definition) is 0. The van der Waals surface area contributed by atoms with Gasteiger partial charge in [-0.15, -0.1) is 0 Å². The Kier molecular flexibility index (Phi) is 5.49. The zero-order valence-electron chi connectivity index (χ0n) is 15.6. The molecule has 6 heteroatoms. The van der Waals surface area contributed by atoms with Gasteiger partial charge in [0.05, 0.1) is 0 Å². The molecule has 1 aromatic heterocycles. The van der Waals surface area contributed by atoms with Gasteiger partial charge in [0.1, 0.15) is 17.2 Å². The number of halogens is 1. The first-order valence-corrected chi connectivity index (χ1v) is 9.13. The third-order valence-corrected chi connectivity index (χ3v) is 5.01. The molecule has 0 atom stereocenters. The highest BCUT2D eigenvalue weighted by Gasteiger charge is 2.25. The van der Waals surface area contributed by atoms with E-state index in [0.717, 1.165) is 38.0 Å². The second kappa shape index (κ2) is 7.81. The molecule has 1 amide bonds. The molecule has 0 saturated carbocycles. The van der Waals surface area contributed by atoms with Crippen molar-refractivity contribution in [3.63, 3.8) is 0 Å². The van der Waals surface area contributed by atoms with Crippen molar-refractivity contribution in [2.24, 2.45) is 5.92 Å². The lowest BCUT2D eigenvalue weighted by atomic mass is 9.99. The van der Waals surface area contributed by atoms with Gasteiger partial charge in [0.15, 0.2) is 5.82 Å². The van der Waals surface area contributed by atoms with Crippen LogP contribution in [0.4, 0.5) is 10.2 Å². The van der Waals surface area contributed by atoms with Crippen LogP contribution in [0.5, 0.6) is 0 Å². The second-order valence-corrected chi connectivity index (χ2v) is 6.93. The van der Waals surface area contributed by atoms with E-state index in [9.17, 15) is 9.18 Å². The highest BCUT2D eigenvalue weighted by atomic mass is 19.1. The quantitative estimate of drug-likeness (QED) is 0.840. The molecule has 1 aromatic carbocycles. The van der Waals surface area contributed by atoms with Crippen LogP contribution in [0.25, 0.3) is 11.4 Å². The van der Waals surface area contributed by atoms with E-state index in [0.29, 0.717) is 23.1 Å². The van der Waals surface area contributed by atoms with Gasteiger partial charge < -0.3 is 9.80 Å². The summed E-state index contributed by atoms with van der Waals surface area (Å²) >= 11 is 0. The van der Waals surface area contributed by atoms with Gasteiger partial charge >= 0.3 is 0 Å². The summed E-state index contributed by atoms with van der Waals surface area (Å²) in [4.78, 5) is 25.8. The monoisotopic (exact) mass is 356 g/mol. The molecule has 1 aliphatic heterocycles. The van der Waals surface area contributed by atoms with Crippen molar-refractivity contribution in [3.8, 4) is 11.4 Å². The number of carbonyl (C=O) groups excluding carboxylic acids is 1. The Hall–Kier alpha value is -2.50. The minimum absolute atomic E-state index is 0.0159. The lowest BCUT2D eigenvalue weighted by molar-refractivity contribution is 0.0697. The van der Waals surface area contributed by atoms with Crippen molar-refractivity contribution in [1.82, 2.24) is 14.9 Å². The molecule has 0 radical (unpaired) electrons. The van der Waals surface area contributed by atoms with Gasteiger partial charge in [0.2, 0.25) is 0 Å². The molecule has 2 heterocycles. The van der Waals surface area contributed by atoms with Crippen LogP contribution in [-0.4, -0.2) is 47.5 Å². The van der Waals surface area contributed by atoms with Crippen molar-refractivity contribution in [2.45, 2.75) is 26.7 Å². The van der Waals surface area contributed by atoms with Gasteiger partial charge in [-0.25, -0.2) is 14.4 Å². The molecular formula is C20H25FN4O. The summed E-state index contributed by atoms with van der Waals surface area (Å²) in [7, 11) is 1.91. The van der Waals surface area contributed by atoms with Gasteiger partial charge in [-0.2, -0.15) is 0 Å². The molecule has 26 heavy (non-hydrogen) atoms. The molecule has 0 bridgehead atoms. The molecule has 5 nitrogen and oxygen atoms in total. The Morgan fingerprint density at radius 2 is 1.92 bits per heavy atom. The zero-order valence-corrected chi connectivity index (χ0v) is 15.6. The Labute approximate surface area is 153 Å². The molecule has 0 spiro atoms. The third-order valence-electron chi connectivity index (χ3n) is 5.01. The number of rotatable bonds is 4. The highest BCUT2D eigenvalue weighted by molar-refractivity contribution is 5.99. The Balaban J connectivity index is 1.94. The average molecular weight is 356 g/mol. The van der Waals surface area contributed by atoms with Crippen LogP contribution in [0, 0.1) is 11.7 Å². The normalized spacial score (nSPS) is 15.2. The van der Waals surface area contributed by atoms with E-state index in [2.05, 4.69) is 16.9 Å². The number of benzene rings is 1. The lowest BCUT2D eigenvalue weighted by Gasteiger charge is -2.31. The highest BCUT2D eigenvalue weighted by Crippen LogP contribution is 2.25. The van der Waals surface area contributed by atoms with Gasteiger partial charge in [0.25, 0.3) is 5.91 Å². The SMILES string of the molecule is CCN(C)c1nc(-c2ccc(F)cc2)ncc1C(=O)N1CCC(C)CC1. The number of carbonyl (C=O) groups is 1. The van der Waals surface area contributed by atoms with Crippen LogP contribution in [0.3, 0.4) is 0 Å². The summed E-state index contributed by atoms with van der Waals surface area (Å²) in [5.74, 6) is 1.45. The molecule has 1 fully saturated rings. The maximum atomic E-state index is 13.2. The minimum atomic E-state index is -0.300. The number of amides is 1. The Morgan fingerprint density at radius 1 is 1.27 bits per heavy atom. The van der Waals surface area contributed by atoms with E-state index in [-0.39, 0.29) is 11.7 Å². The standard InChI is InChI=1S/C20H25FN4O/c1-4-24(3)19-17(20(26)25-11-9-14(2)10-12-25)13-22-18(23-19)15-5-7-16(21)8-6-15/h5-8,13-14H,4,9-12H2,1-3H3. The predicted molar refractivity (Wildman–Crippen MR) is 101 cm³/mol. The molecule has 1 saturated heterocycles. The van der Waals surface area contributed by atoms with Gasteiger partial charge in [-0.05, 0) is 49.9 Å². The summed E-state index contributed by atoms with van der Waals surface area (Å²) in [5.41, 5.74) is 1.25. The Morgan fingerprint density at radius 3 is 2.54 bits per heavy atom. The first kappa shape index (κ1) is 18.3. The summed E-state index contributed by atoms with van der Waals surface area (Å²) in [6.45, 7) is 6.50. The molecule has 0 aliphatic carbocycles. The van der Waals surface area contributed by atoms with E-state index < -0.39 is 0 Å². The number of piperidine rings is 1. The Bertz CT molecular complexity index is 770. The molecule has 138 valence electrons. The van der Waals surface area contributed by atoms with Crippen molar-refractivity contribution in [3.05, 3.63) is 41.8 Å². The van der Waals surface area contributed by atoms with Crippen LogP contribution in [0.1, 0.15) is 37.0 Å². The fraction of sp³-hybridized carbons (Fsp3) is 0.450. The van der Waals surface area contributed by atoms with E-state index >= 15 is 0 Å². The van der Waals surface area contributed by atoms with Crippen molar-refractivity contribution < 1.29 is 9.18 Å².